The van der Waals surface area contributed by atoms with Gasteiger partial charge in [-0.15, -0.1) is 0 Å². The van der Waals surface area contributed by atoms with Crippen LogP contribution in [0.15, 0.2) is 71.1 Å². The molecule has 0 spiro atoms. The van der Waals surface area contributed by atoms with Crippen LogP contribution in [0.3, 0.4) is 0 Å². The standard InChI is InChI=1S/C25H25FO5/c26-22-12-11-20(21(22)15-30-14-19-10-13-23(31-19)25(28)29)16-6-8-18(9-7-16)24(27)17-4-2-1-3-5-17/h1-10,13,20-22,24,27H,11-12,14-15H2,(H,28,29). The number of furan rings is 1. The average molecular weight is 424 g/mol. The Morgan fingerprint density at radius 3 is 2.42 bits per heavy atom. The average Bonchev–Trinajstić information content (AvgIpc) is 3.41. The molecule has 1 aliphatic rings. The Bertz CT molecular complexity index is 998. The SMILES string of the molecule is O=C(O)c1ccc(COCC2C(F)CCC2c2ccc(C(O)c3ccccc3)cc2)o1. The van der Waals surface area contributed by atoms with Crippen molar-refractivity contribution >= 4 is 5.97 Å². The number of hydrogen-bond donors (Lipinski definition) is 2. The summed E-state index contributed by atoms with van der Waals surface area (Å²) in [5.74, 6) is -1.12. The Morgan fingerprint density at radius 2 is 1.74 bits per heavy atom. The van der Waals surface area contributed by atoms with Gasteiger partial charge >= 0.3 is 5.97 Å². The minimum atomic E-state index is -1.13. The van der Waals surface area contributed by atoms with E-state index in [4.69, 9.17) is 14.3 Å². The van der Waals surface area contributed by atoms with Gasteiger partial charge in [-0.2, -0.15) is 0 Å². The van der Waals surface area contributed by atoms with E-state index in [1.165, 1.54) is 6.07 Å². The molecule has 0 radical (unpaired) electrons. The predicted molar refractivity (Wildman–Crippen MR) is 113 cm³/mol. The zero-order valence-corrected chi connectivity index (χ0v) is 17.0. The highest BCUT2D eigenvalue weighted by Gasteiger charge is 2.37. The first kappa shape index (κ1) is 21.3. The molecule has 0 amide bonds. The molecule has 4 rings (SSSR count). The summed E-state index contributed by atoms with van der Waals surface area (Å²) >= 11 is 0. The number of carbonyl (C=O) groups is 1. The van der Waals surface area contributed by atoms with Crippen molar-refractivity contribution < 1.29 is 28.6 Å². The fourth-order valence-corrected chi connectivity index (χ4v) is 4.27. The molecule has 4 atom stereocenters. The minimum Gasteiger partial charge on any atom is -0.475 e. The Labute approximate surface area is 180 Å². The van der Waals surface area contributed by atoms with Crippen LogP contribution < -0.4 is 0 Å². The Balaban J connectivity index is 1.39. The van der Waals surface area contributed by atoms with Crippen LogP contribution in [0.2, 0.25) is 0 Å². The smallest absolute Gasteiger partial charge is 0.371 e. The fourth-order valence-electron chi connectivity index (χ4n) is 4.27. The minimum absolute atomic E-state index is 0.0316. The third kappa shape index (κ3) is 4.86. The normalized spacial score (nSPS) is 21.8. The van der Waals surface area contributed by atoms with Gasteiger partial charge in [0, 0.05) is 5.92 Å². The van der Waals surface area contributed by atoms with Gasteiger partial charge in [-0.1, -0.05) is 54.6 Å². The van der Waals surface area contributed by atoms with Crippen molar-refractivity contribution in [3.8, 4) is 0 Å². The van der Waals surface area contributed by atoms with E-state index in [1.54, 1.807) is 6.07 Å². The van der Waals surface area contributed by atoms with E-state index in [1.807, 2.05) is 54.6 Å². The lowest BCUT2D eigenvalue weighted by Crippen LogP contribution is -2.21. The maximum atomic E-state index is 14.6. The van der Waals surface area contributed by atoms with Crippen LogP contribution in [0.5, 0.6) is 0 Å². The third-order valence-electron chi connectivity index (χ3n) is 5.96. The molecule has 1 aromatic heterocycles. The first-order valence-corrected chi connectivity index (χ1v) is 10.4. The largest absolute Gasteiger partial charge is 0.475 e. The van der Waals surface area contributed by atoms with Gasteiger partial charge in [0.2, 0.25) is 5.76 Å². The summed E-state index contributed by atoms with van der Waals surface area (Å²) in [5.41, 5.74) is 2.66. The molecule has 1 fully saturated rings. The second-order valence-electron chi connectivity index (χ2n) is 7.93. The Hall–Kier alpha value is -2.96. The van der Waals surface area contributed by atoms with Crippen molar-refractivity contribution in [2.24, 2.45) is 5.92 Å². The van der Waals surface area contributed by atoms with Gasteiger partial charge in [-0.3, -0.25) is 0 Å². The van der Waals surface area contributed by atoms with Crippen LogP contribution in [-0.4, -0.2) is 29.0 Å². The Morgan fingerprint density at radius 1 is 1.03 bits per heavy atom. The molecule has 1 saturated carbocycles. The molecule has 2 N–H and O–H groups in total. The van der Waals surface area contributed by atoms with Gasteiger partial charge in [-0.05, 0) is 47.6 Å². The molecule has 1 aliphatic carbocycles. The molecule has 3 aromatic rings. The van der Waals surface area contributed by atoms with E-state index in [2.05, 4.69) is 0 Å². The summed E-state index contributed by atoms with van der Waals surface area (Å²) in [6.45, 7) is 0.328. The quantitative estimate of drug-likeness (QED) is 0.525. The highest BCUT2D eigenvalue weighted by Crippen LogP contribution is 2.42. The number of rotatable bonds is 8. The predicted octanol–water partition coefficient (Wildman–Crippen LogP) is 5.11. The van der Waals surface area contributed by atoms with Gasteiger partial charge in [0.1, 0.15) is 24.6 Å². The molecule has 2 aromatic carbocycles. The molecule has 5 nitrogen and oxygen atoms in total. The van der Waals surface area contributed by atoms with Crippen LogP contribution in [0.4, 0.5) is 4.39 Å². The van der Waals surface area contributed by atoms with E-state index < -0.39 is 18.2 Å². The van der Waals surface area contributed by atoms with Crippen LogP contribution in [0.1, 0.15) is 57.9 Å². The zero-order valence-electron chi connectivity index (χ0n) is 17.0. The molecule has 4 unspecified atom stereocenters. The molecule has 31 heavy (non-hydrogen) atoms. The summed E-state index contributed by atoms with van der Waals surface area (Å²) in [6.07, 6.45) is -0.432. The van der Waals surface area contributed by atoms with Crippen LogP contribution in [0, 0.1) is 5.92 Å². The number of aliphatic hydroxyl groups is 1. The van der Waals surface area contributed by atoms with Crippen LogP contribution >= 0.6 is 0 Å². The summed E-state index contributed by atoms with van der Waals surface area (Å²) < 4.78 is 25.4. The van der Waals surface area contributed by atoms with Gasteiger partial charge in [0.15, 0.2) is 0 Å². The monoisotopic (exact) mass is 424 g/mol. The van der Waals surface area contributed by atoms with Crippen molar-refractivity contribution in [1.82, 2.24) is 0 Å². The number of alkyl halides is 1. The molecule has 0 aliphatic heterocycles. The van der Waals surface area contributed by atoms with Crippen molar-refractivity contribution in [3.63, 3.8) is 0 Å². The van der Waals surface area contributed by atoms with Gasteiger partial charge in [-0.25, -0.2) is 9.18 Å². The summed E-state index contributed by atoms with van der Waals surface area (Å²) in [4.78, 5) is 10.9. The third-order valence-corrected chi connectivity index (χ3v) is 5.96. The maximum absolute atomic E-state index is 14.6. The van der Waals surface area contributed by atoms with Crippen molar-refractivity contribution in [3.05, 3.63) is 94.9 Å². The topological polar surface area (TPSA) is 79.9 Å². The van der Waals surface area contributed by atoms with Gasteiger partial charge in [0.05, 0.1) is 6.61 Å². The summed E-state index contributed by atoms with van der Waals surface area (Å²) in [5, 5.41) is 19.5. The Kier molecular flexibility index (Phi) is 6.49. The highest BCUT2D eigenvalue weighted by molar-refractivity contribution is 5.84. The molecule has 1 heterocycles. The molecule has 6 heteroatoms. The fraction of sp³-hybridized carbons (Fsp3) is 0.320. The number of halogens is 1. The van der Waals surface area contributed by atoms with E-state index in [-0.39, 0.29) is 30.8 Å². The van der Waals surface area contributed by atoms with E-state index in [0.717, 1.165) is 23.1 Å². The number of ether oxygens (including phenoxy) is 1. The number of carboxylic acids is 1. The number of benzene rings is 2. The summed E-state index contributed by atoms with van der Waals surface area (Å²) in [7, 11) is 0. The van der Waals surface area contributed by atoms with Crippen LogP contribution in [0.25, 0.3) is 0 Å². The van der Waals surface area contributed by atoms with Gasteiger partial charge < -0.3 is 19.4 Å². The van der Waals surface area contributed by atoms with E-state index in [0.29, 0.717) is 12.2 Å². The number of aliphatic hydroxyl groups excluding tert-OH is 1. The number of hydrogen-bond acceptors (Lipinski definition) is 4. The lowest BCUT2D eigenvalue weighted by Gasteiger charge is -2.22. The van der Waals surface area contributed by atoms with Crippen LogP contribution in [-0.2, 0) is 11.3 Å². The second kappa shape index (κ2) is 9.45. The summed E-state index contributed by atoms with van der Waals surface area (Å²) in [6, 6.07) is 20.1. The van der Waals surface area contributed by atoms with E-state index in [9.17, 15) is 14.3 Å². The maximum Gasteiger partial charge on any atom is 0.371 e. The lowest BCUT2D eigenvalue weighted by atomic mass is 9.88. The van der Waals surface area contributed by atoms with Crippen molar-refractivity contribution in [2.45, 2.75) is 37.6 Å². The first-order chi connectivity index (χ1) is 15.0. The molecule has 162 valence electrons. The van der Waals surface area contributed by atoms with Crippen molar-refractivity contribution in [1.29, 1.82) is 0 Å². The zero-order chi connectivity index (χ0) is 21.8. The number of carboxylic acid groups (broad SMARTS) is 1. The second-order valence-corrected chi connectivity index (χ2v) is 7.93. The molecular weight excluding hydrogens is 399 g/mol. The molecule has 0 bridgehead atoms. The highest BCUT2D eigenvalue weighted by atomic mass is 19.1. The number of aromatic carboxylic acids is 1. The lowest BCUT2D eigenvalue weighted by molar-refractivity contribution is 0.0484. The van der Waals surface area contributed by atoms with Crippen molar-refractivity contribution in [2.75, 3.05) is 6.61 Å². The van der Waals surface area contributed by atoms with Gasteiger partial charge in [0.25, 0.3) is 0 Å². The molecular formula is C25H25FO5. The molecule has 0 saturated heterocycles. The first-order valence-electron chi connectivity index (χ1n) is 10.4. The van der Waals surface area contributed by atoms with E-state index >= 15 is 0 Å².